The van der Waals surface area contributed by atoms with Crippen molar-refractivity contribution in [2.75, 3.05) is 6.54 Å². The Hall–Kier alpha value is -4.01. The third kappa shape index (κ3) is 3.45. The van der Waals surface area contributed by atoms with E-state index in [2.05, 4.69) is 9.97 Å². The number of primary amides is 1. The van der Waals surface area contributed by atoms with Gasteiger partial charge in [0.05, 0.1) is 18.5 Å². The summed E-state index contributed by atoms with van der Waals surface area (Å²) in [5, 5.41) is 0. The number of hydrogen-bond donors (Lipinski definition) is 2. The Bertz CT molecular complexity index is 1160. The molecule has 0 bridgehead atoms. The van der Waals surface area contributed by atoms with Crippen LogP contribution >= 0.6 is 0 Å². The summed E-state index contributed by atoms with van der Waals surface area (Å²) in [4.78, 5) is 57.0. The minimum atomic E-state index is -0.745. The van der Waals surface area contributed by atoms with Gasteiger partial charge >= 0.3 is 0 Å². The predicted molar refractivity (Wildman–Crippen MR) is 101 cm³/mol. The molecule has 2 amide bonds. The summed E-state index contributed by atoms with van der Waals surface area (Å²) in [5.74, 6) is -1.74. The van der Waals surface area contributed by atoms with Crippen molar-refractivity contribution in [1.29, 1.82) is 0 Å². The lowest BCUT2D eigenvalue weighted by molar-refractivity contribution is -0.127. The lowest BCUT2D eigenvalue weighted by Crippen LogP contribution is -2.42. The van der Waals surface area contributed by atoms with Gasteiger partial charge < -0.3 is 20.0 Å². The monoisotopic (exact) mass is 392 g/mol. The maximum Gasteiger partial charge on any atom is 0.298 e. The molecule has 9 nitrogen and oxygen atoms in total. The summed E-state index contributed by atoms with van der Waals surface area (Å²) in [6.07, 6.45) is 1.61. The van der Waals surface area contributed by atoms with E-state index in [1.807, 2.05) is 0 Å². The zero-order chi connectivity index (χ0) is 20.5. The van der Waals surface area contributed by atoms with Gasteiger partial charge in [-0.05, 0) is 30.7 Å². The second kappa shape index (κ2) is 7.19. The van der Waals surface area contributed by atoms with E-state index in [0.717, 1.165) is 0 Å². The topological polar surface area (TPSA) is 139 Å². The molecule has 0 unspecified atom stereocenters. The lowest BCUT2D eigenvalue weighted by Gasteiger charge is -2.27. The average molecular weight is 392 g/mol. The van der Waals surface area contributed by atoms with Gasteiger partial charge in [-0.15, -0.1) is 0 Å². The number of aromatic nitrogens is 2. The van der Waals surface area contributed by atoms with Crippen LogP contribution < -0.4 is 11.3 Å². The SMILES string of the molecule is NC(=O)c1ccc(-c2nc3c(c(=O)[nH]2)CCN(C(=O)C(=O)c2ccco2)C3)cc1. The highest BCUT2D eigenvalue weighted by Gasteiger charge is 2.30. The van der Waals surface area contributed by atoms with E-state index in [1.54, 1.807) is 12.1 Å². The Labute approximate surface area is 164 Å². The number of furan rings is 1. The molecule has 0 atom stereocenters. The average Bonchev–Trinajstić information content (AvgIpc) is 3.27. The van der Waals surface area contributed by atoms with E-state index in [1.165, 1.54) is 35.4 Å². The number of nitrogens with zero attached hydrogens (tertiary/aromatic N) is 2. The smallest absolute Gasteiger partial charge is 0.298 e. The zero-order valence-electron chi connectivity index (χ0n) is 15.2. The van der Waals surface area contributed by atoms with Crippen molar-refractivity contribution in [2.24, 2.45) is 5.73 Å². The van der Waals surface area contributed by atoms with Gasteiger partial charge in [0, 0.05) is 23.2 Å². The Balaban J connectivity index is 1.62. The number of carbonyl (C=O) groups is 3. The molecule has 2 aromatic heterocycles. The van der Waals surface area contributed by atoms with E-state index in [-0.39, 0.29) is 30.8 Å². The minimum absolute atomic E-state index is 0.0325. The van der Waals surface area contributed by atoms with Crippen molar-refractivity contribution in [2.45, 2.75) is 13.0 Å². The van der Waals surface area contributed by atoms with E-state index >= 15 is 0 Å². The molecule has 0 saturated heterocycles. The number of fused-ring (bicyclic) bond motifs is 1. The molecule has 0 aliphatic carbocycles. The summed E-state index contributed by atoms with van der Waals surface area (Å²) in [6.45, 7) is 0.270. The fourth-order valence-corrected chi connectivity index (χ4v) is 3.20. The Morgan fingerprint density at radius 1 is 1.14 bits per heavy atom. The van der Waals surface area contributed by atoms with Crippen molar-refractivity contribution in [3.8, 4) is 11.4 Å². The van der Waals surface area contributed by atoms with Gasteiger partial charge in [0.15, 0.2) is 5.76 Å². The molecule has 3 aromatic rings. The Kier molecular flexibility index (Phi) is 4.55. The maximum atomic E-state index is 12.5. The number of nitrogens with one attached hydrogen (secondary N) is 1. The molecule has 29 heavy (non-hydrogen) atoms. The predicted octanol–water partition coefficient (Wildman–Crippen LogP) is 0.896. The number of hydrogen-bond acceptors (Lipinski definition) is 6. The number of rotatable bonds is 4. The first-order valence-electron chi connectivity index (χ1n) is 8.83. The Morgan fingerprint density at radius 2 is 1.90 bits per heavy atom. The first kappa shape index (κ1) is 18.4. The molecule has 0 radical (unpaired) electrons. The summed E-state index contributed by atoms with van der Waals surface area (Å²) in [5.41, 5.74) is 6.77. The molecule has 1 aliphatic rings. The number of Topliss-reactive ketones (excluding diaryl/α,β-unsaturated/α-hetero) is 1. The van der Waals surface area contributed by atoms with E-state index in [0.29, 0.717) is 28.2 Å². The maximum absolute atomic E-state index is 12.5. The summed E-state index contributed by atoms with van der Waals surface area (Å²) in [6, 6.07) is 9.27. The van der Waals surface area contributed by atoms with Crippen molar-refractivity contribution in [3.63, 3.8) is 0 Å². The van der Waals surface area contributed by atoms with Gasteiger partial charge in [0.1, 0.15) is 5.82 Å². The third-order valence-electron chi connectivity index (χ3n) is 4.74. The normalized spacial score (nSPS) is 13.0. The fourth-order valence-electron chi connectivity index (χ4n) is 3.20. The van der Waals surface area contributed by atoms with Crippen molar-refractivity contribution in [3.05, 3.63) is 75.6 Å². The van der Waals surface area contributed by atoms with Gasteiger partial charge in [-0.25, -0.2) is 4.98 Å². The lowest BCUT2D eigenvalue weighted by atomic mass is 10.0. The van der Waals surface area contributed by atoms with Crippen LogP contribution in [0.3, 0.4) is 0 Å². The molecular weight excluding hydrogens is 376 g/mol. The van der Waals surface area contributed by atoms with E-state index in [4.69, 9.17) is 10.2 Å². The van der Waals surface area contributed by atoms with Gasteiger partial charge in [0.25, 0.3) is 17.2 Å². The number of carbonyl (C=O) groups excluding carboxylic acids is 3. The molecule has 1 aromatic carbocycles. The van der Waals surface area contributed by atoms with Crippen LogP contribution in [0.1, 0.15) is 32.2 Å². The second-order valence-corrected chi connectivity index (χ2v) is 6.56. The molecule has 3 heterocycles. The van der Waals surface area contributed by atoms with Gasteiger partial charge in [-0.3, -0.25) is 19.2 Å². The highest BCUT2D eigenvalue weighted by Crippen LogP contribution is 2.20. The number of ketones is 1. The van der Waals surface area contributed by atoms with Gasteiger partial charge in [0.2, 0.25) is 5.91 Å². The summed E-state index contributed by atoms with van der Waals surface area (Å²) in [7, 11) is 0. The van der Waals surface area contributed by atoms with Gasteiger partial charge in [-0.1, -0.05) is 12.1 Å². The summed E-state index contributed by atoms with van der Waals surface area (Å²) >= 11 is 0. The quantitative estimate of drug-likeness (QED) is 0.499. The van der Waals surface area contributed by atoms with Crippen molar-refractivity contribution >= 4 is 17.6 Å². The molecule has 0 saturated carbocycles. The van der Waals surface area contributed by atoms with Crippen molar-refractivity contribution < 1.29 is 18.8 Å². The van der Waals surface area contributed by atoms with Crippen LogP contribution in [0.15, 0.2) is 51.9 Å². The fraction of sp³-hybridized carbons (Fsp3) is 0.150. The van der Waals surface area contributed by atoms with Crippen LogP contribution in [0.5, 0.6) is 0 Å². The van der Waals surface area contributed by atoms with Crippen LogP contribution in [0, 0.1) is 0 Å². The molecule has 3 N–H and O–H groups in total. The number of nitrogens with two attached hydrogens (primary N) is 1. The Morgan fingerprint density at radius 3 is 2.55 bits per heavy atom. The molecule has 9 heteroatoms. The van der Waals surface area contributed by atoms with Gasteiger partial charge in [-0.2, -0.15) is 0 Å². The molecule has 146 valence electrons. The second-order valence-electron chi connectivity index (χ2n) is 6.56. The van der Waals surface area contributed by atoms with E-state index in [9.17, 15) is 19.2 Å². The number of amides is 2. The molecule has 0 fully saturated rings. The number of H-pyrrole nitrogens is 1. The van der Waals surface area contributed by atoms with Crippen LogP contribution in [-0.2, 0) is 17.8 Å². The van der Waals surface area contributed by atoms with Crippen LogP contribution in [0.2, 0.25) is 0 Å². The number of benzene rings is 1. The summed E-state index contributed by atoms with van der Waals surface area (Å²) < 4.78 is 5.00. The highest BCUT2D eigenvalue weighted by atomic mass is 16.3. The standard InChI is InChI=1S/C20H16N4O5/c21-17(26)11-3-5-12(6-4-11)18-22-14-10-24(8-7-13(14)19(27)23-18)20(28)16(25)15-2-1-9-29-15/h1-6,9H,7-8,10H2,(H2,21,26)(H,22,23,27). The molecule has 4 rings (SSSR count). The van der Waals surface area contributed by atoms with Crippen LogP contribution in [0.25, 0.3) is 11.4 Å². The molecule has 1 aliphatic heterocycles. The largest absolute Gasteiger partial charge is 0.461 e. The minimum Gasteiger partial charge on any atom is -0.461 e. The first-order chi connectivity index (χ1) is 13.9. The molecule has 0 spiro atoms. The van der Waals surface area contributed by atoms with Crippen LogP contribution in [-0.4, -0.2) is 39.0 Å². The van der Waals surface area contributed by atoms with Crippen molar-refractivity contribution in [1.82, 2.24) is 14.9 Å². The molecular formula is C20H16N4O5. The zero-order valence-corrected chi connectivity index (χ0v) is 15.2. The van der Waals surface area contributed by atoms with E-state index < -0.39 is 17.6 Å². The first-order valence-corrected chi connectivity index (χ1v) is 8.83. The van der Waals surface area contributed by atoms with Crippen LogP contribution in [0.4, 0.5) is 0 Å². The third-order valence-corrected chi connectivity index (χ3v) is 4.74. The highest BCUT2D eigenvalue weighted by molar-refractivity contribution is 6.41. The number of aromatic amines is 1.